The molecule has 102 valence electrons. The molecule has 1 aliphatic carbocycles. The predicted molar refractivity (Wildman–Crippen MR) is 82.2 cm³/mol. The second-order valence-electron chi connectivity index (χ2n) is 5.13. The molecule has 1 fully saturated rings. The van der Waals surface area contributed by atoms with E-state index in [1.807, 2.05) is 18.2 Å². The maximum atomic E-state index is 11.8. The highest BCUT2D eigenvalue weighted by atomic mass is 32.2. The summed E-state index contributed by atoms with van der Waals surface area (Å²) in [5.74, 6) is 0.630. The molecule has 1 N–H and O–H groups in total. The minimum atomic E-state index is 0.0210. The van der Waals surface area contributed by atoms with Crippen LogP contribution in [0.25, 0.3) is 6.08 Å². The molecule has 2 atom stereocenters. The molecule has 1 aliphatic rings. The highest BCUT2D eigenvalue weighted by molar-refractivity contribution is 7.98. The van der Waals surface area contributed by atoms with Crippen LogP contribution in [0.2, 0.25) is 0 Å². The average molecular weight is 275 g/mol. The molecule has 0 saturated heterocycles. The summed E-state index contributed by atoms with van der Waals surface area (Å²) in [7, 11) is 0. The first-order valence-corrected chi connectivity index (χ1v) is 8.04. The number of thioether (sulfide) groups is 1. The van der Waals surface area contributed by atoms with E-state index in [1.165, 1.54) is 17.7 Å². The van der Waals surface area contributed by atoms with Gasteiger partial charge in [-0.2, -0.15) is 0 Å². The van der Waals surface area contributed by atoms with Gasteiger partial charge in [0.15, 0.2) is 0 Å². The molecule has 0 aromatic heterocycles. The van der Waals surface area contributed by atoms with Gasteiger partial charge in [0.25, 0.3) is 0 Å². The second kappa shape index (κ2) is 6.80. The Morgan fingerprint density at radius 3 is 2.63 bits per heavy atom. The van der Waals surface area contributed by atoms with Gasteiger partial charge in [0.2, 0.25) is 5.91 Å². The van der Waals surface area contributed by atoms with Gasteiger partial charge in [0.05, 0.1) is 0 Å². The summed E-state index contributed by atoms with van der Waals surface area (Å²) in [5, 5.41) is 3.09. The summed E-state index contributed by atoms with van der Waals surface area (Å²) in [6.07, 6.45) is 9.14. The standard InChI is InChI=1S/C16H21NOS/c1-12-4-3-5-15(12)17-16(18)11-8-13-6-9-14(19-2)10-7-13/h6-12,15H,3-5H2,1-2H3,(H,17,18)/b11-8+. The molecule has 2 nitrogen and oxygen atoms in total. The normalized spacial score (nSPS) is 22.8. The van der Waals surface area contributed by atoms with Gasteiger partial charge < -0.3 is 5.32 Å². The molecule has 3 heteroatoms. The first-order chi connectivity index (χ1) is 9.19. The van der Waals surface area contributed by atoms with Crippen molar-refractivity contribution in [1.82, 2.24) is 5.32 Å². The number of hydrogen-bond donors (Lipinski definition) is 1. The van der Waals surface area contributed by atoms with Crippen LogP contribution >= 0.6 is 11.8 Å². The number of amides is 1. The molecule has 2 unspecified atom stereocenters. The van der Waals surface area contributed by atoms with Crippen LogP contribution in [0.3, 0.4) is 0 Å². The monoisotopic (exact) mass is 275 g/mol. The van der Waals surface area contributed by atoms with Crippen LogP contribution in [0.1, 0.15) is 31.7 Å². The van der Waals surface area contributed by atoms with Crippen molar-refractivity contribution in [1.29, 1.82) is 0 Å². The van der Waals surface area contributed by atoms with E-state index >= 15 is 0 Å². The fourth-order valence-corrected chi connectivity index (χ4v) is 2.89. The largest absolute Gasteiger partial charge is 0.350 e. The van der Waals surface area contributed by atoms with Crippen molar-refractivity contribution in [3.05, 3.63) is 35.9 Å². The number of rotatable bonds is 4. The van der Waals surface area contributed by atoms with Crippen LogP contribution in [-0.2, 0) is 4.79 Å². The van der Waals surface area contributed by atoms with Crippen LogP contribution in [0.5, 0.6) is 0 Å². The fourth-order valence-electron chi connectivity index (χ4n) is 2.48. The van der Waals surface area contributed by atoms with Gasteiger partial charge in [-0.25, -0.2) is 0 Å². The predicted octanol–water partition coefficient (Wildman–Crippen LogP) is 3.73. The summed E-state index contributed by atoms with van der Waals surface area (Å²) >= 11 is 1.72. The van der Waals surface area contributed by atoms with E-state index in [1.54, 1.807) is 17.8 Å². The van der Waals surface area contributed by atoms with Gasteiger partial charge in [-0.15, -0.1) is 11.8 Å². The number of benzene rings is 1. The Balaban J connectivity index is 1.88. The van der Waals surface area contributed by atoms with Crippen molar-refractivity contribution in [2.24, 2.45) is 5.92 Å². The van der Waals surface area contributed by atoms with E-state index in [4.69, 9.17) is 0 Å². The number of carbonyl (C=O) groups excluding carboxylic acids is 1. The first-order valence-electron chi connectivity index (χ1n) is 6.81. The van der Waals surface area contributed by atoms with Gasteiger partial charge in [0, 0.05) is 17.0 Å². The maximum absolute atomic E-state index is 11.8. The lowest BCUT2D eigenvalue weighted by Gasteiger charge is -2.15. The molecule has 0 aliphatic heterocycles. The summed E-state index contributed by atoms with van der Waals surface area (Å²) in [4.78, 5) is 13.1. The average Bonchev–Trinajstić information content (AvgIpc) is 2.82. The number of nitrogens with one attached hydrogen (secondary N) is 1. The van der Waals surface area contributed by atoms with Crippen LogP contribution in [-0.4, -0.2) is 18.2 Å². The second-order valence-corrected chi connectivity index (χ2v) is 6.01. The lowest BCUT2D eigenvalue weighted by Crippen LogP contribution is -2.35. The fraction of sp³-hybridized carbons (Fsp3) is 0.438. The minimum absolute atomic E-state index is 0.0210. The van der Waals surface area contributed by atoms with Crippen molar-refractivity contribution < 1.29 is 4.79 Å². The highest BCUT2D eigenvalue weighted by Gasteiger charge is 2.23. The molecule has 0 heterocycles. The topological polar surface area (TPSA) is 29.1 Å². The van der Waals surface area contributed by atoms with E-state index in [-0.39, 0.29) is 5.91 Å². The van der Waals surface area contributed by atoms with Crippen molar-refractivity contribution >= 4 is 23.7 Å². The molecule has 0 radical (unpaired) electrons. The minimum Gasteiger partial charge on any atom is -0.350 e. The van der Waals surface area contributed by atoms with Gasteiger partial charge in [-0.05, 0) is 48.8 Å². The molecule has 19 heavy (non-hydrogen) atoms. The molecule has 1 aromatic rings. The van der Waals surface area contributed by atoms with Crippen LogP contribution in [0.4, 0.5) is 0 Å². The Bertz CT molecular complexity index is 452. The smallest absolute Gasteiger partial charge is 0.244 e. The van der Waals surface area contributed by atoms with Crippen LogP contribution in [0, 0.1) is 5.92 Å². The van der Waals surface area contributed by atoms with Gasteiger partial charge in [-0.3, -0.25) is 4.79 Å². The van der Waals surface area contributed by atoms with E-state index in [0.717, 1.165) is 12.0 Å². The van der Waals surface area contributed by atoms with Gasteiger partial charge >= 0.3 is 0 Å². The summed E-state index contributed by atoms with van der Waals surface area (Å²) in [5.41, 5.74) is 1.06. The van der Waals surface area contributed by atoms with Crippen LogP contribution in [0.15, 0.2) is 35.2 Å². The van der Waals surface area contributed by atoms with Gasteiger partial charge in [0.1, 0.15) is 0 Å². The Labute approximate surface area is 119 Å². The van der Waals surface area contributed by atoms with E-state index in [0.29, 0.717) is 12.0 Å². The number of hydrogen-bond acceptors (Lipinski definition) is 2. The van der Waals surface area contributed by atoms with Crippen molar-refractivity contribution in [2.45, 2.75) is 37.1 Å². The molecule has 0 spiro atoms. The SMILES string of the molecule is CSc1ccc(/C=C/C(=O)NC2CCCC2C)cc1. The molecule has 1 saturated carbocycles. The quantitative estimate of drug-likeness (QED) is 0.670. The van der Waals surface area contributed by atoms with Crippen molar-refractivity contribution in [2.75, 3.05) is 6.26 Å². The van der Waals surface area contributed by atoms with Crippen molar-refractivity contribution in [3.63, 3.8) is 0 Å². The zero-order valence-electron chi connectivity index (χ0n) is 11.6. The van der Waals surface area contributed by atoms with Gasteiger partial charge in [-0.1, -0.05) is 25.5 Å². The summed E-state index contributed by atoms with van der Waals surface area (Å²) < 4.78 is 0. The van der Waals surface area contributed by atoms with E-state index in [2.05, 4.69) is 30.6 Å². The molecular formula is C16H21NOS. The molecule has 2 rings (SSSR count). The third-order valence-corrected chi connectivity index (χ3v) is 4.48. The Morgan fingerprint density at radius 2 is 2.05 bits per heavy atom. The van der Waals surface area contributed by atoms with Crippen molar-refractivity contribution in [3.8, 4) is 0 Å². The third-order valence-electron chi connectivity index (χ3n) is 3.73. The Hall–Kier alpha value is -1.22. The zero-order valence-corrected chi connectivity index (χ0v) is 12.4. The van der Waals surface area contributed by atoms with E-state index < -0.39 is 0 Å². The lowest BCUT2D eigenvalue weighted by molar-refractivity contribution is -0.117. The Kier molecular flexibility index (Phi) is 5.08. The summed E-state index contributed by atoms with van der Waals surface area (Å²) in [6, 6.07) is 8.57. The number of carbonyl (C=O) groups is 1. The third kappa shape index (κ3) is 4.13. The van der Waals surface area contributed by atoms with Crippen LogP contribution < -0.4 is 5.32 Å². The van der Waals surface area contributed by atoms with E-state index in [9.17, 15) is 4.79 Å². The zero-order chi connectivity index (χ0) is 13.7. The molecule has 0 bridgehead atoms. The molecule has 1 amide bonds. The maximum Gasteiger partial charge on any atom is 0.244 e. The molecular weight excluding hydrogens is 254 g/mol. The lowest BCUT2D eigenvalue weighted by atomic mass is 10.1. The highest BCUT2D eigenvalue weighted by Crippen LogP contribution is 2.24. The first kappa shape index (κ1) is 14.2. The summed E-state index contributed by atoms with van der Waals surface area (Å²) in [6.45, 7) is 2.21. The molecule has 1 aromatic carbocycles. The Morgan fingerprint density at radius 1 is 1.32 bits per heavy atom.